The van der Waals surface area contributed by atoms with E-state index in [1.807, 2.05) is 74.6 Å². The molecular formula is C30H37ClN6O3. The lowest BCUT2D eigenvalue weighted by Gasteiger charge is -2.24. The molecule has 2 aromatic heterocycles. The van der Waals surface area contributed by atoms with Gasteiger partial charge in [0.15, 0.2) is 0 Å². The smallest absolute Gasteiger partial charge is 0.270 e. The van der Waals surface area contributed by atoms with Crippen molar-refractivity contribution in [3.63, 3.8) is 0 Å². The number of aryl methyl sites for hydroxylation is 1. The van der Waals surface area contributed by atoms with Crippen molar-refractivity contribution in [3.8, 4) is 6.07 Å². The van der Waals surface area contributed by atoms with Crippen LogP contribution in [0.15, 0.2) is 42.6 Å². The molecule has 1 aliphatic carbocycles. The van der Waals surface area contributed by atoms with Crippen molar-refractivity contribution in [2.45, 2.75) is 51.6 Å². The molecule has 0 radical (unpaired) electrons. The number of fused-ring (bicyclic) bond motifs is 1. The molecule has 0 bridgehead atoms. The number of nitrogens with zero attached hydrogens (tertiary/aromatic N) is 4. The van der Waals surface area contributed by atoms with Crippen molar-refractivity contribution < 1.29 is 14.4 Å². The number of nitriles is 1. The maximum atomic E-state index is 12.5. The Morgan fingerprint density at radius 3 is 2.55 bits per heavy atom. The highest BCUT2D eigenvalue weighted by molar-refractivity contribution is 6.30. The Morgan fingerprint density at radius 2 is 2.00 bits per heavy atom. The number of carbonyl (C=O) groups excluding carboxylic acids is 3. The van der Waals surface area contributed by atoms with E-state index in [-0.39, 0.29) is 17.9 Å². The number of halogens is 1. The van der Waals surface area contributed by atoms with Crippen LogP contribution in [0.2, 0.25) is 5.02 Å². The largest absolute Gasteiger partial charge is 0.388 e. The lowest BCUT2D eigenvalue weighted by Crippen LogP contribution is -2.35. The highest BCUT2D eigenvalue weighted by Gasteiger charge is 2.30. The second-order valence-corrected chi connectivity index (χ2v) is 10.8. The molecule has 3 atom stereocenters. The Morgan fingerprint density at radius 1 is 1.30 bits per heavy atom. The van der Waals surface area contributed by atoms with E-state index in [2.05, 4.69) is 22.2 Å². The maximum Gasteiger partial charge on any atom is 0.270 e. The number of aromatic nitrogens is 2. The number of amides is 2. The summed E-state index contributed by atoms with van der Waals surface area (Å²) in [6, 6.07) is 13.4. The van der Waals surface area contributed by atoms with Gasteiger partial charge in [-0.05, 0) is 74.6 Å². The van der Waals surface area contributed by atoms with E-state index in [1.165, 1.54) is 17.7 Å². The van der Waals surface area contributed by atoms with Gasteiger partial charge in [0, 0.05) is 54.9 Å². The van der Waals surface area contributed by atoms with E-state index in [0.717, 1.165) is 45.9 Å². The third-order valence-electron chi connectivity index (χ3n) is 7.17. The minimum absolute atomic E-state index is 0.0498. The Hall–Kier alpha value is -3.90. The minimum Gasteiger partial charge on any atom is -0.388 e. The van der Waals surface area contributed by atoms with Crippen LogP contribution in [0.5, 0.6) is 0 Å². The molecular weight excluding hydrogens is 528 g/mol. The average molecular weight is 565 g/mol. The van der Waals surface area contributed by atoms with Crippen LogP contribution in [0, 0.1) is 30.1 Å². The van der Waals surface area contributed by atoms with E-state index in [4.69, 9.17) is 16.9 Å². The number of anilines is 1. The number of H-pyrrole nitrogens is 1. The molecule has 3 aromatic rings. The first kappa shape index (κ1) is 30.6. The van der Waals surface area contributed by atoms with E-state index < -0.39 is 6.04 Å². The zero-order chi connectivity index (χ0) is 29.2. The number of aldehydes is 1. The molecule has 5 rings (SSSR count). The third-order valence-corrected chi connectivity index (χ3v) is 7.42. The molecule has 3 heterocycles. The van der Waals surface area contributed by atoms with Crippen LogP contribution in [0.3, 0.4) is 0 Å². The molecule has 3 unspecified atom stereocenters. The Kier molecular flexibility index (Phi) is 11.1. The molecule has 10 heteroatoms. The van der Waals surface area contributed by atoms with Crippen LogP contribution >= 0.6 is 11.6 Å². The number of carbonyl (C=O) groups is 3. The van der Waals surface area contributed by atoms with Gasteiger partial charge in [-0.15, -0.1) is 0 Å². The van der Waals surface area contributed by atoms with Gasteiger partial charge in [0.2, 0.25) is 6.41 Å². The van der Waals surface area contributed by atoms with Gasteiger partial charge in [-0.25, -0.2) is 4.98 Å². The summed E-state index contributed by atoms with van der Waals surface area (Å²) in [5.74, 6) is 0.728. The molecule has 1 saturated carbocycles. The van der Waals surface area contributed by atoms with Crippen molar-refractivity contribution in [2.24, 2.45) is 11.8 Å². The van der Waals surface area contributed by atoms with Crippen molar-refractivity contribution >= 4 is 46.9 Å². The fraction of sp³-hybridized carbons (Fsp3) is 0.433. The lowest BCUT2D eigenvalue weighted by atomic mass is 10.1. The fourth-order valence-corrected chi connectivity index (χ4v) is 4.60. The summed E-state index contributed by atoms with van der Waals surface area (Å²) >= 11 is 5.64. The SMILES string of the molecule is CNc1ccc(Cl)cc1.Cc1cnc2[nH]c(C(=O)N(C)C(C)CC3CC3)cc2c1.N#CC1CC(C=O)CN1C=O. The number of hydrogen-bond donors (Lipinski definition) is 2. The van der Waals surface area contributed by atoms with E-state index in [1.54, 1.807) is 0 Å². The van der Waals surface area contributed by atoms with Gasteiger partial charge in [0.25, 0.3) is 5.91 Å². The standard InChI is InChI=1S/C16H21N3O.C7H8ClN.C7H8N2O2/c1-10-6-13-8-14(18-15(13)17-9-10)16(20)19(3)11(2)7-12-4-5-12;1-9-7-4-2-6(8)3-5-7;8-2-7-1-6(4-10)3-9(7)5-11/h6,8-9,11-12H,4-5,7H2,1-3H3,(H,17,18);2-5,9H,1H3;4-7H,1,3H2. The predicted molar refractivity (Wildman–Crippen MR) is 157 cm³/mol. The Bertz CT molecular complexity index is 1330. The summed E-state index contributed by atoms with van der Waals surface area (Å²) in [6.07, 6.45) is 7.47. The first-order valence-electron chi connectivity index (χ1n) is 13.4. The Balaban J connectivity index is 0.000000186. The highest BCUT2D eigenvalue weighted by atomic mass is 35.5. The summed E-state index contributed by atoms with van der Waals surface area (Å²) in [5.41, 5.74) is 3.59. The van der Waals surface area contributed by atoms with E-state index in [9.17, 15) is 14.4 Å². The van der Waals surface area contributed by atoms with Gasteiger partial charge in [-0.3, -0.25) is 9.59 Å². The molecule has 2 fully saturated rings. The zero-order valence-corrected chi connectivity index (χ0v) is 24.2. The molecule has 1 aliphatic heterocycles. The van der Waals surface area contributed by atoms with E-state index in [0.29, 0.717) is 25.1 Å². The first-order valence-corrected chi connectivity index (χ1v) is 13.8. The first-order chi connectivity index (χ1) is 19.2. The molecule has 2 aliphatic rings. The fourth-order valence-electron chi connectivity index (χ4n) is 4.48. The second kappa shape index (κ2) is 14.5. The molecule has 2 amide bonds. The molecule has 1 saturated heterocycles. The molecule has 1 aromatic carbocycles. The molecule has 9 nitrogen and oxygen atoms in total. The number of likely N-dealkylation sites (tertiary alicyclic amines) is 1. The van der Waals surface area contributed by atoms with Crippen molar-refractivity contribution in [1.29, 1.82) is 5.26 Å². The van der Waals surface area contributed by atoms with Crippen LogP contribution < -0.4 is 5.32 Å². The third kappa shape index (κ3) is 8.55. The topological polar surface area (TPSA) is 122 Å². The monoisotopic (exact) mass is 564 g/mol. The van der Waals surface area contributed by atoms with Crippen LogP contribution in [0.25, 0.3) is 11.0 Å². The Labute approximate surface area is 240 Å². The summed E-state index contributed by atoms with van der Waals surface area (Å²) in [5, 5.41) is 13.3. The number of rotatable bonds is 7. The van der Waals surface area contributed by atoms with Crippen LogP contribution in [0.4, 0.5) is 5.69 Å². The van der Waals surface area contributed by atoms with Crippen LogP contribution in [-0.4, -0.2) is 71.1 Å². The van der Waals surface area contributed by atoms with Gasteiger partial charge in [-0.2, -0.15) is 5.26 Å². The van der Waals surface area contributed by atoms with Crippen molar-refractivity contribution in [3.05, 3.63) is 58.9 Å². The second-order valence-electron chi connectivity index (χ2n) is 10.4. The number of pyridine rings is 1. The van der Waals surface area contributed by atoms with Gasteiger partial charge in [0.05, 0.1) is 6.07 Å². The van der Waals surface area contributed by atoms with E-state index >= 15 is 0 Å². The molecule has 2 N–H and O–H groups in total. The number of hydrogen-bond acceptors (Lipinski definition) is 6. The van der Waals surface area contributed by atoms with Gasteiger partial charge in [-0.1, -0.05) is 24.4 Å². The minimum atomic E-state index is -0.400. The number of nitrogens with one attached hydrogen (secondary N) is 2. The zero-order valence-electron chi connectivity index (χ0n) is 23.4. The van der Waals surface area contributed by atoms with Gasteiger partial charge < -0.3 is 24.9 Å². The number of benzene rings is 1. The van der Waals surface area contributed by atoms with Crippen molar-refractivity contribution in [1.82, 2.24) is 19.8 Å². The van der Waals surface area contributed by atoms with Crippen LogP contribution in [-0.2, 0) is 9.59 Å². The lowest BCUT2D eigenvalue weighted by molar-refractivity contribution is -0.118. The molecule has 0 spiro atoms. The van der Waals surface area contributed by atoms with Gasteiger partial charge in [0.1, 0.15) is 23.7 Å². The summed E-state index contributed by atoms with van der Waals surface area (Å²) in [4.78, 5) is 43.7. The summed E-state index contributed by atoms with van der Waals surface area (Å²) in [6.45, 7) is 4.53. The highest BCUT2D eigenvalue weighted by Crippen LogP contribution is 2.34. The van der Waals surface area contributed by atoms with Crippen LogP contribution in [0.1, 0.15) is 48.7 Å². The average Bonchev–Trinajstić information content (AvgIpc) is 3.52. The maximum absolute atomic E-state index is 12.5. The van der Waals surface area contributed by atoms with Gasteiger partial charge >= 0.3 is 0 Å². The summed E-state index contributed by atoms with van der Waals surface area (Å²) in [7, 11) is 3.77. The molecule has 212 valence electrons. The molecule has 40 heavy (non-hydrogen) atoms. The normalized spacial score (nSPS) is 18.4. The summed E-state index contributed by atoms with van der Waals surface area (Å²) < 4.78 is 0. The quantitative estimate of drug-likeness (QED) is 0.386. The predicted octanol–water partition coefficient (Wildman–Crippen LogP) is 5.07. The number of aromatic amines is 1. The van der Waals surface area contributed by atoms with Crippen molar-refractivity contribution in [2.75, 3.05) is 26.0 Å².